The van der Waals surface area contributed by atoms with Crippen molar-refractivity contribution in [2.45, 2.75) is 30.6 Å². The lowest BCUT2D eigenvalue weighted by Gasteiger charge is -2.24. The molecule has 0 bridgehead atoms. The van der Waals surface area contributed by atoms with Crippen LogP contribution in [0.5, 0.6) is 0 Å². The summed E-state index contributed by atoms with van der Waals surface area (Å²) in [7, 11) is -2.98. The standard InChI is InChI=1S/C17H20N2O3S2/c20-16(13-6-7-13)18-17-19(9-8-12-4-2-1-3-5-12)14-10-24(21,22)11-15(14)23-17/h1-5,13-15H,6-11H2/t14-,15-/m1/s1. The average molecular weight is 364 g/mol. The van der Waals surface area contributed by atoms with E-state index >= 15 is 0 Å². The molecule has 2 aliphatic heterocycles. The number of nitrogens with zero attached hydrogens (tertiary/aromatic N) is 2. The van der Waals surface area contributed by atoms with E-state index in [-0.39, 0.29) is 34.6 Å². The number of rotatable bonds is 4. The Hall–Kier alpha value is -1.34. The van der Waals surface area contributed by atoms with Gasteiger partial charge in [-0.3, -0.25) is 4.79 Å². The summed E-state index contributed by atoms with van der Waals surface area (Å²) in [6.45, 7) is 0.699. The third-order valence-corrected chi connectivity index (χ3v) is 8.04. The van der Waals surface area contributed by atoms with Crippen molar-refractivity contribution >= 4 is 32.7 Å². The topological polar surface area (TPSA) is 66.8 Å². The van der Waals surface area contributed by atoms with Crippen LogP contribution < -0.4 is 0 Å². The second kappa shape index (κ2) is 6.19. The lowest BCUT2D eigenvalue weighted by atomic mass is 10.1. The van der Waals surface area contributed by atoms with E-state index in [0.29, 0.717) is 6.54 Å². The van der Waals surface area contributed by atoms with Crippen LogP contribution in [0.15, 0.2) is 35.3 Å². The Morgan fingerprint density at radius 1 is 1.21 bits per heavy atom. The van der Waals surface area contributed by atoms with E-state index in [4.69, 9.17) is 0 Å². The fourth-order valence-electron chi connectivity index (χ4n) is 3.31. The van der Waals surface area contributed by atoms with Crippen LogP contribution in [0.4, 0.5) is 0 Å². The Balaban J connectivity index is 1.54. The molecule has 0 unspecified atom stereocenters. The molecule has 1 aromatic rings. The first-order valence-corrected chi connectivity index (χ1v) is 11.0. The number of amidine groups is 1. The van der Waals surface area contributed by atoms with Crippen molar-refractivity contribution in [2.24, 2.45) is 10.9 Å². The molecular formula is C17H20N2O3S2. The van der Waals surface area contributed by atoms with Crippen molar-refractivity contribution in [3.8, 4) is 0 Å². The molecule has 2 atom stereocenters. The summed E-state index contributed by atoms with van der Waals surface area (Å²) in [5, 5.41) is 0.740. The maximum atomic E-state index is 12.1. The number of carbonyl (C=O) groups excluding carboxylic acids is 1. The molecule has 1 saturated carbocycles. The summed E-state index contributed by atoms with van der Waals surface area (Å²) in [5.74, 6) is 0.431. The Morgan fingerprint density at radius 3 is 2.67 bits per heavy atom. The van der Waals surface area contributed by atoms with E-state index in [0.717, 1.165) is 24.4 Å². The van der Waals surface area contributed by atoms with Crippen LogP contribution in [0.2, 0.25) is 0 Å². The minimum absolute atomic E-state index is 0.0107. The van der Waals surface area contributed by atoms with Gasteiger partial charge in [-0.25, -0.2) is 8.42 Å². The van der Waals surface area contributed by atoms with E-state index in [1.807, 2.05) is 18.2 Å². The minimum atomic E-state index is -2.98. The SMILES string of the molecule is O=C(N=C1S[C@@H]2CS(=O)(=O)C[C@H]2N1CCc1ccccc1)C1CC1. The van der Waals surface area contributed by atoms with Gasteiger partial charge in [0.25, 0.3) is 5.91 Å². The van der Waals surface area contributed by atoms with Crippen molar-refractivity contribution < 1.29 is 13.2 Å². The van der Waals surface area contributed by atoms with Gasteiger partial charge in [-0.05, 0) is 24.8 Å². The summed E-state index contributed by atoms with van der Waals surface area (Å²) >= 11 is 1.48. The molecule has 0 aromatic heterocycles. The molecule has 7 heteroatoms. The fourth-order valence-corrected chi connectivity index (χ4v) is 7.29. The number of carbonyl (C=O) groups is 1. The van der Waals surface area contributed by atoms with E-state index in [2.05, 4.69) is 22.0 Å². The molecule has 0 N–H and O–H groups in total. The molecule has 1 amide bonds. The third-order valence-electron chi connectivity index (χ3n) is 4.79. The summed E-state index contributed by atoms with van der Waals surface area (Å²) < 4.78 is 23.9. The Morgan fingerprint density at radius 2 is 1.96 bits per heavy atom. The van der Waals surface area contributed by atoms with Crippen molar-refractivity contribution in [1.82, 2.24) is 4.90 Å². The van der Waals surface area contributed by atoms with Crippen LogP contribution in [-0.2, 0) is 21.1 Å². The smallest absolute Gasteiger partial charge is 0.251 e. The van der Waals surface area contributed by atoms with E-state index in [1.54, 1.807) is 0 Å². The summed E-state index contributed by atoms with van der Waals surface area (Å²) in [4.78, 5) is 18.5. The first kappa shape index (κ1) is 16.1. The molecule has 0 radical (unpaired) electrons. The number of benzene rings is 1. The van der Waals surface area contributed by atoms with Gasteiger partial charge in [0.05, 0.1) is 17.5 Å². The zero-order valence-corrected chi connectivity index (χ0v) is 14.9. The molecular weight excluding hydrogens is 344 g/mol. The molecule has 24 heavy (non-hydrogen) atoms. The highest BCUT2D eigenvalue weighted by Gasteiger charge is 2.48. The van der Waals surface area contributed by atoms with E-state index in [1.165, 1.54) is 17.3 Å². The van der Waals surface area contributed by atoms with Crippen LogP contribution in [0.3, 0.4) is 0 Å². The lowest BCUT2D eigenvalue weighted by molar-refractivity contribution is -0.118. The molecule has 1 aromatic carbocycles. The Bertz CT molecular complexity index is 772. The van der Waals surface area contributed by atoms with Gasteiger partial charge < -0.3 is 4.90 Å². The molecule has 4 rings (SSSR count). The van der Waals surface area contributed by atoms with Gasteiger partial charge in [0.2, 0.25) is 0 Å². The highest BCUT2D eigenvalue weighted by Crippen LogP contribution is 2.39. The van der Waals surface area contributed by atoms with Gasteiger partial charge in [-0.2, -0.15) is 4.99 Å². The Labute approximate surface area is 146 Å². The van der Waals surface area contributed by atoms with Crippen molar-refractivity contribution in [1.29, 1.82) is 0 Å². The number of amides is 1. The number of sulfone groups is 1. The number of hydrogen-bond donors (Lipinski definition) is 0. The second-order valence-corrected chi connectivity index (χ2v) is 10.1. The fraction of sp³-hybridized carbons (Fsp3) is 0.529. The van der Waals surface area contributed by atoms with Crippen molar-refractivity contribution in [3.05, 3.63) is 35.9 Å². The quantitative estimate of drug-likeness (QED) is 0.814. The van der Waals surface area contributed by atoms with Gasteiger partial charge in [0.15, 0.2) is 15.0 Å². The van der Waals surface area contributed by atoms with Gasteiger partial charge in [-0.1, -0.05) is 42.1 Å². The molecule has 128 valence electrons. The van der Waals surface area contributed by atoms with Gasteiger partial charge in [0.1, 0.15) is 0 Å². The number of hydrogen-bond acceptors (Lipinski definition) is 4. The molecule has 2 heterocycles. The summed E-state index contributed by atoms with van der Waals surface area (Å²) in [6, 6.07) is 10.1. The van der Waals surface area contributed by atoms with Crippen LogP contribution >= 0.6 is 11.8 Å². The molecule has 1 aliphatic carbocycles. The van der Waals surface area contributed by atoms with Crippen LogP contribution in [0.1, 0.15) is 18.4 Å². The van der Waals surface area contributed by atoms with E-state index < -0.39 is 9.84 Å². The van der Waals surface area contributed by atoms with Crippen LogP contribution in [-0.4, -0.2) is 53.7 Å². The summed E-state index contributed by atoms with van der Waals surface area (Å²) in [6.07, 6.45) is 2.69. The maximum absolute atomic E-state index is 12.1. The van der Waals surface area contributed by atoms with Gasteiger partial charge in [-0.15, -0.1) is 0 Å². The monoisotopic (exact) mass is 364 g/mol. The highest BCUT2D eigenvalue weighted by molar-refractivity contribution is 8.15. The molecule has 0 spiro atoms. The van der Waals surface area contributed by atoms with Crippen molar-refractivity contribution in [3.63, 3.8) is 0 Å². The number of fused-ring (bicyclic) bond motifs is 1. The molecule has 2 saturated heterocycles. The Kier molecular flexibility index (Phi) is 4.16. The first-order valence-electron chi connectivity index (χ1n) is 8.32. The second-order valence-electron chi connectivity index (χ2n) is 6.74. The highest BCUT2D eigenvalue weighted by atomic mass is 32.2. The minimum Gasteiger partial charge on any atom is -0.346 e. The lowest BCUT2D eigenvalue weighted by Crippen LogP contribution is -2.39. The van der Waals surface area contributed by atoms with Gasteiger partial charge in [0, 0.05) is 17.7 Å². The molecule has 3 aliphatic rings. The predicted octanol–water partition coefficient (Wildman–Crippen LogP) is 1.74. The largest absolute Gasteiger partial charge is 0.346 e. The first-order chi connectivity index (χ1) is 11.5. The zero-order chi connectivity index (χ0) is 16.7. The van der Waals surface area contributed by atoms with E-state index in [9.17, 15) is 13.2 Å². The number of thioether (sulfide) groups is 1. The predicted molar refractivity (Wildman–Crippen MR) is 95.8 cm³/mol. The average Bonchev–Trinajstić information content (AvgIpc) is 3.29. The maximum Gasteiger partial charge on any atom is 0.251 e. The third kappa shape index (κ3) is 3.37. The number of aliphatic imine (C=N–C) groups is 1. The normalized spacial score (nSPS) is 29.8. The van der Waals surface area contributed by atoms with Crippen LogP contribution in [0.25, 0.3) is 0 Å². The van der Waals surface area contributed by atoms with Crippen LogP contribution in [0, 0.1) is 5.92 Å². The van der Waals surface area contributed by atoms with Gasteiger partial charge >= 0.3 is 0 Å². The molecule has 5 nitrogen and oxygen atoms in total. The molecule has 3 fully saturated rings. The summed E-state index contributed by atoms with van der Waals surface area (Å²) in [5.41, 5.74) is 1.21. The van der Waals surface area contributed by atoms with Crippen molar-refractivity contribution in [2.75, 3.05) is 18.1 Å². The zero-order valence-electron chi connectivity index (χ0n) is 13.3.